The molecular formula is C25H42O2. The van der Waals surface area contributed by atoms with Crippen molar-refractivity contribution in [1.29, 1.82) is 0 Å². The number of allylic oxidation sites excluding steroid dienone is 2. The van der Waals surface area contributed by atoms with Crippen LogP contribution < -0.4 is 0 Å². The maximum Gasteiger partial charge on any atom is 0.165 e. The smallest absolute Gasteiger partial charge is 0.165 e. The molecular weight excluding hydrogens is 332 g/mol. The second-order valence-corrected chi connectivity index (χ2v) is 10.1. The fourth-order valence-electron chi connectivity index (χ4n) is 6.64. The van der Waals surface area contributed by atoms with E-state index in [-0.39, 0.29) is 5.92 Å². The minimum atomic E-state index is 0.234. The van der Waals surface area contributed by atoms with E-state index in [9.17, 15) is 4.79 Å². The van der Waals surface area contributed by atoms with E-state index >= 15 is 0 Å². The van der Waals surface area contributed by atoms with Gasteiger partial charge in [-0.05, 0) is 94.8 Å². The minimum Gasteiger partial charge on any atom is -0.500 e. The van der Waals surface area contributed by atoms with Crippen molar-refractivity contribution in [2.45, 2.75) is 111 Å². The monoisotopic (exact) mass is 374 g/mol. The van der Waals surface area contributed by atoms with Crippen molar-refractivity contribution in [3.05, 3.63) is 11.3 Å². The van der Waals surface area contributed by atoms with Crippen LogP contribution >= 0.6 is 0 Å². The molecule has 0 saturated heterocycles. The molecule has 3 rings (SSSR count). The topological polar surface area (TPSA) is 26.3 Å². The summed E-state index contributed by atoms with van der Waals surface area (Å²) in [5.41, 5.74) is 2.20. The minimum absolute atomic E-state index is 0.234. The largest absolute Gasteiger partial charge is 0.500 e. The van der Waals surface area contributed by atoms with Crippen LogP contribution in [-0.4, -0.2) is 12.9 Å². The third-order valence-electron chi connectivity index (χ3n) is 8.77. The predicted molar refractivity (Wildman–Crippen MR) is 113 cm³/mol. The fourth-order valence-corrected chi connectivity index (χ4v) is 6.64. The molecule has 0 aliphatic heterocycles. The van der Waals surface area contributed by atoms with E-state index in [4.69, 9.17) is 4.74 Å². The van der Waals surface area contributed by atoms with E-state index in [1.165, 1.54) is 64.2 Å². The zero-order valence-corrected chi connectivity index (χ0v) is 18.4. The number of ketones is 1. The molecule has 0 heterocycles. The lowest BCUT2D eigenvalue weighted by Crippen LogP contribution is -2.37. The second kappa shape index (κ2) is 8.70. The average Bonchev–Trinajstić information content (AvgIpc) is 3.17. The highest BCUT2D eigenvalue weighted by Crippen LogP contribution is 2.58. The van der Waals surface area contributed by atoms with E-state index < -0.39 is 0 Å². The van der Waals surface area contributed by atoms with Crippen LogP contribution in [0.3, 0.4) is 0 Å². The predicted octanol–water partition coefficient (Wildman–Crippen LogP) is 7.22. The van der Waals surface area contributed by atoms with Crippen molar-refractivity contribution in [2.75, 3.05) is 7.11 Å². The summed E-state index contributed by atoms with van der Waals surface area (Å²) in [6.07, 6.45) is 18.5. The van der Waals surface area contributed by atoms with Crippen LogP contribution in [0.2, 0.25) is 0 Å². The third-order valence-corrected chi connectivity index (χ3v) is 8.77. The zero-order chi connectivity index (χ0) is 19.5. The van der Waals surface area contributed by atoms with Gasteiger partial charge in [-0.1, -0.05) is 26.7 Å². The highest BCUT2D eigenvalue weighted by Gasteiger charge is 2.45. The summed E-state index contributed by atoms with van der Waals surface area (Å²) in [6, 6.07) is 0. The van der Waals surface area contributed by atoms with Gasteiger partial charge in [-0.3, -0.25) is 4.79 Å². The summed E-state index contributed by atoms with van der Waals surface area (Å²) in [6.45, 7) is 6.39. The highest BCUT2D eigenvalue weighted by molar-refractivity contribution is 5.97. The molecule has 0 aromatic carbocycles. The van der Waals surface area contributed by atoms with Gasteiger partial charge in [0, 0.05) is 17.4 Å². The Labute approximate surface area is 167 Å². The summed E-state index contributed by atoms with van der Waals surface area (Å²) < 4.78 is 5.69. The maximum atomic E-state index is 13.2. The van der Waals surface area contributed by atoms with Gasteiger partial charge in [-0.25, -0.2) is 0 Å². The van der Waals surface area contributed by atoms with Crippen LogP contribution in [0.4, 0.5) is 0 Å². The van der Waals surface area contributed by atoms with Crippen LogP contribution in [0.15, 0.2) is 11.3 Å². The Balaban J connectivity index is 1.59. The summed E-state index contributed by atoms with van der Waals surface area (Å²) in [7, 11) is 1.74. The van der Waals surface area contributed by atoms with E-state index in [0.717, 1.165) is 42.4 Å². The number of rotatable bonds is 6. The molecule has 3 saturated carbocycles. The van der Waals surface area contributed by atoms with Crippen molar-refractivity contribution in [1.82, 2.24) is 0 Å². The van der Waals surface area contributed by atoms with Crippen molar-refractivity contribution in [2.24, 2.45) is 22.7 Å². The average molecular weight is 375 g/mol. The Kier molecular flexibility index (Phi) is 6.75. The number of hydrogen-bond acceptors (Lipinski definition) is 2. The highest BCUT2D eigenvalue weighted by atomic mass is 16.5. The quantitative estimate of drug-likeness (QED) is 0.362. The van der Waals surface area contributed by atoms with E-state index in [1.807, 2.05) is 6.92 Å². The Morgan fingerprint density at radius 2 is 1.37 bits per heavy atom. The summed E-state index contributed by atoms with van der Waals surface area (Å²) in [4.78, 5) is 13.2. The molecule has 3 aliphatic rings. The standard InChI is InChI=1S/C25H42O2/c1-5-20(6-2)23(27-4)19(3)22(26)21-9-13-25(14-10-21)17-15-24(16-18-25)11-7-8-12-24/h20-21H,5-18H2,1-4H3/b23-19-. The normalized spacial score (nSPS) is 25.8. The summed E-state index contributed by atoms with van der Waals surface area (Å²) in [5.74, 6) is 1.94. The molecule has 154 valence electrons. The second-order valence-electron chi connectivity index (χ2n) is 10.1. The van der Waals surface area contributed by atoms with Gasteiger partial charge in [0.2, 0.25) is 0 Å². The molecule has 27 heavy (non-hydrogen) atoms. The van der Waals surface area contributed by atoms with Crippen molar-refractivity contribution < 1.29 is 9.53 Å². The molecule has 0 aromatic heterocycles. The Morgan fingerprint density at radius 1 is 0.889 bits per heavy atom. The lowest BCUT2D eigenvalue weighted by atomic mass is 9.57. The summed E-state index contributed by atoms with van der Waals surface area (Å²) in [5, 5.41) is 0. The van der Waals surface area contributed by atoms with Gasteiger partial charge in [-0.2, -0.15) is 0 Å². The van der Waals surface area contributed by atoms with Crippen molar-refractivity contribution in [3.63, 3.8) is 0 Å². The lowest BCUT2D eigenvalue weighted by molar-refractivity contribution is -0.121. The molecule has 2 heteroatoms. The first-order valence-electron chi connectivity index (χ1n) is 11.8. The molecule has 3 aliphatic carbocycles. The van der Waals surface area contributed by atoms with Gasteiger partial charge in [0.05, 0.1) is 7.11 Å². The van der Waals surface area contributed by atoms with Crippen LogP contribution in [-0.2, 0) is 9.53 Å². The van der Waals surface area contributed by atoms with Crippen LogP contribution in [0, 0.1) is 22.7 Å². The van der Waals surface area contributed by atoms with Crippen molar-refractivity contribution >= 4 is 5.78 Å². The Morgan fingerprint density at radius 3 is 1.81 bits per heavy atom. The molecule has 0 bridgehead atoms. The molecule has 2 nitrogen and oxygen atoms in total. The fraction of sp³-hybridized carbons (Fsp3) is 0.880. The number of methoxy groups -OCH3 is 1. The molecule has 0 amide bonds. The Hall–Kier alpha value is -0.790. The molecule has 0 N–H and O–H groups in total. The first-order chi connectivity index (χ1) is 13.0. The van der Waals surface area contributed by atoms with E-state index in [1.54, 1.807) is 7.11 Å². The SMILES string of the molecule is CCC(CC)/C(OC)=C(\C)C(=O)C1CCC2(CC1)CCC1(CCCC1)CC2. The molecule has 2 spiro atoms. The molecule has 0 radical (unpaired) electrons. The molecule has 0 aromatic rings. The van der Waals surface area contributed by atoms with Gasteiger partial charge >= 0.3 is 0 Å². The van der Waals surface area contributed by atoms with Crippen LogP contribution in [0.5, 0.6) is 0 Å². The van der Waals surface area contributed by atoms with Gasteiger partial charge in [0.1, 0.15) is 5.76 Å². The van der Waals surface area contributed by atoms with Gasteiger partial charge < -0.3 is 4.74 Å². The molecule has 3 fully saturated rings. The lowest BCUT2D eigenvalue weighted by Gasteiger charge is -2.48. The number of Topliss-reactive ketones (excluding diaryl/α,β-unsaturated/α-hetero) is 1. The van der Waals surface area contributed by atoms with Crippen LogP contribution in [0.25, 0.3) is 0 Å². The van der Waals surface area contributed by atoms with Crippen LogP contribution in [0.1, 0.15) is 111 Å². The number of carbonyl (C=O) groups excluding carboxylic acids is 1. The number of hydrogen-bond donors (Lipinski definition) is 0. The third kappa shape index (κ3) is 4.30. The maximum absolute atomic E-state index is 13.2. The summed E-state index contributed by atoms with van der Waals surface area (Å²) >= 11 is 0. The van der Waals surface area contributed by atoms with Gasteiger partial charge in [0.15, 0.2) is 5.78 Å². The van der Waals surface area contributed by atoms with Gasteiger partial charge in [0.25, 0.3) is 0 Å². The number of ether oxygens (including phenoxy) is 1. The van der Waals surface area contributed by atoms with Crippen molar-refractivity contribution in [3.8, 4) is 0 Å². The first kappa shape index (κ1) is 20.9. The molecule has 0 unspecified atom stereocenters. The van der Waals surface area contributed by atoms with Gasteiger partial charge in [-0.15, -0.1) is 0 Å². The zero-order valence-electron chi connectivity index (χ0n) is 18.4. The molecule has 0 atom stereocenters. The van der Waals surface area contributed by atoms with E-state index in [2.05, 4.69) is 13.8 Å². The van der Waals surface area contributed by atoms with E-state index in [0.29, 0.717) is 17.1 Å². The Bertz CT molecular complexity index is 529. The number of carbonyl (C=O) groups is 1. The first-order valence-corrected chi connectivity index (χ1v) is 11.8.